The minimum Gasteiger partial charge on any atom is -0.440 e. The van der Waals surface area contributed by atoms with Crippen LogP contribution in [-0.2, 0) is 16.0 Å². The van der Waals surface area contributed by atoms with Crippen LogP contribution < -0.4 is 5.32 Å². The molecule has 0 aliphatic rings. The van der Waals surface area contributed by atoms with Crippen molar-refractivity contribution in [2.75, 3.05) is 20.3 Å². The molecular weight excluding hydrogens is 268 g/mol. The van der Waals surface area contributed by atoms with E-state index in [2.05, 4.69) is 10.3 Å². The van der Waals surface area contributed by atoms with Gasteiger partial charge in [-0.3, -0.25) is 4.79 Å². The van der Waals surface area contributed by atoms with Crippen LogP contribution in [0.4, 0.5) is 0 Å². The number of aromatic nitrogens is 1. The van der Waals surface area contributed by atoms with E-state index in [-0.39, 0.29) is 12.3 Å². The standard InChI is InChI=1S/C16H20N2O3/c1-12-14(11-15(19)17-9-6-10-20-2)21-16(18-12)13-7-4-3-5-8-13/h3-5,7-8H,6,9-11H2,1-2H3,(H,17,19). The number of amides is 1. The topological polar surface area (TPSA) is 64.4 Å². The summed E-state index contributed by atoms with van der Waals surface area (Å²) in [4.78, 5) is 16.2. The average Bonchev–Trinajstić information content (AvgIpc) is 2.86. The van der Waals surface area contributed by atoms with E-state index < -0.39 is 0 Å². The van der Waals surface area contributed by atoms with Crippen LogP contribution >= 0.6 is 0 Å². The first kappa shape index (κ1) is 15.3. The highest BCUT2D eigenvalue weighted by molar-refractivity contribution is 5.78. The molecule has 2 aromatic rings. The number of aryl methyl sites for hydroxylation is 1. The van der Waals surface area contributed by atoms with Crippen LogP contribution in [0, 0.1) is 6.92 Å². The van der Waals surface area contributed by atoms with Crippen LogP contribution in [0.25, 0.3) is 11.5 Å². The minimum absolute atomic E-state index is 0.0648. The Kier molecular flexibility index (Phi) is 5.51. The van der Waals surface area contributed by atoms with Gasteiger partial charge in [0.2, 0.25) is 11.8 Å². The second-order valence-corrected chi connectivity index (χ2v) is 4.77. The van der Waals surface area contributed by atoms with Gasteiger partial charge in [0.25, 0.3) is 0 Å². The van der Waals surface area contributed by atoms with Gasteiger partial charge in [0.1, 0.15) is 5.76 Å². The zero-order chi connectivity index (χ0) is 15.1. The lowest BCUT2D eigenvalue weighted by Gasteiger charge is -2.03. The molecule has 1 heterocycles. The Hall–Kier alpha value is -2.14. The molecule has 0 saturated carbocycles. The third-order valence-corrected chi connectivity index (χ3v) is 3.08. The Bertz CT molecular complexity index is 578. The number of carbonyl (C=O) groups is 1. The lowest BCUT2D eigenvalue weighted by atomic mass is 10.2. The molecule has 5 heteroatoms. The van der Waals surface area contributed by atoms with E-state index in [1.54, 1.807) is 7.11 Å². The zero-order valence-corrected chi connectivity index (χ0v) is 12.4. The van der Waals surface area contributed by atoms with Gasteiger partial charge in [-0.05, 0) is 25.5 Å². The molecule has 0 unspecified atom stereocenters. The number of nitrogens with one attached hydrogen (secondary N) is 1. The van der Waals surface area contributed by atoms with Crippen molar-refractivity contribution in [1.82, 2.24) is 10.3 Å². The fraction of sp³-hybridized carbons (Fsp3) is 0.375. The van der Waals surface area contributed by atoms with Crippen molar-refractivity contribution in [3.8, 4) is 11.5 Å². The van der Waals surface area contributed by atoms with Gasteiger partial charge in [-0.1, -0.05) is 18.2 Å². The summed E-state index contributed by atoms with van der Waals surface area (Å²) in [5.74, 6) is 1.10. The maximum absolute atomic E-state index is 11.8. The second kappa shape index (κ2) is 7.59. The molecule has 21 heavy (non-hydrogen) atoms. The summed E-state index contributed by atoms with van der Waals surface area (Å²) in [6, 6.07) is 9.65. The summed E-state index contributed by atoms with van der Waals surface area (Å²) in [5.41, 5.74) is 1.66. The smallest absolute Gasteiger partial charge is 0.227 e. The third-order valence-electron chi connectivity index (χ3n) is 3.08. The summed E-state index contributed by atoms with van der Waals surface area (Å²) < 4.78 is 10.6. The van der Waals surface area contributed by atoms with Crippen LogP contribution in [0.5, 0.6) is 0 Å². The number of rotatable bonds is 7. The van der Waals surface area contributed by atoms with Gasteiger partial charge < -0.3 is 14.5 Å². The first-order chi connectivity index (χ1) is 10.2. The number of carbonyl (C=O) groups excluding carboxylic acids is 1. The van der Waals surface area contributed by atoms with E-state index in [4.69, 9.17) is 9.15 Å². The fourth-order valence-corrected chi connectivity index (χ4v) is 1.95. The molecule has 0 atom stereocenters. The lowest BCUT2D eigenvalue weighted by Crippen LogP contribution is -2.26. The van der Waals surface area contributed by atoms with Crippen LogP contribution in [0.3, 0.4) is 0 Å². The minimum atomic E-state index is -0.0648. The molecule has 112 valence electrons. The highest BCUT2D eigenvalue weighted by Gasteiger charge is 2.14. The van der Waals surface area contributed by atoms with Crippen molar-refractivity contribution in [3.05, 3.63) is 41.8 Å². The van der Waals surface area contributed by atoms with Gasteiger partial charge in [0.15, 0.2) is 0 Å². The van der Waals surface area contributed by atoms with Crippen molar-refractivity contribution in [2.45, 2.75) is 19.8 Å². The first-order valence-corrected chi connectivity index (χ1v) is 6.98. The van der Waals surface area contributed by atoms with E-state index in [0.717, 1.165) is 17.7 Å². The number of hydrogen-bond acceptors (Lipinski definition) is 4. The Labute approximate surface area is 124 Å². The van der Waals surface area contributed by atoms with Crippen molar-refractivity contribution in [1.29, 1.82) is 0 Å². The Morgan fingerprint density at radius 1 is 1.33 bits per heavy atom. The molecule has 5 nitrogen and oxygen atoms in total. The Balaban J connectivity index is 1.95. The van der Waals surface area contributed by atoms with Crippen molar-refractivity contribution < 1.29 is 13.9 Å². The average molecular weight is 288 g/mol. The molecule has 2 rings (SSSR count). The molecule has 0 fully saturated rings. The van der Waals surface area contributed by atoms with Gasteiger partial charge in [0, 0.05) is 25.8 Å². The van der Waals surface area contributed by atoms with E-state index in [1.807, 2.05) is 37.3 Å². The normalized spacial score (nSPS) is 10.6. The summed E-state index contributed by atoms with van der Waals surface area (Å²) in [5, 5.41) is 2.84. The Morgan fingerprint density at radius 2 is 2.10 bits per heavy atom. The van der Waals surface area contributed by atoms with E-state index >= 15 is 0 Å². The van der Waals surface area contributed by atoms with Gasteiger partial charge >= 0.3 is 0 Å². The fourth-order valence-electron chi connectivity index (χ4n) is 1.95. The summed E-state index contributed by atoms with van der Waals surface area (Å²) in [6.45, 7) is 3.09. The van der Waals surface area contributed by atoms with E-state index in [1.165, 1.54) is 0 Å². The molecule has 1 N–H and O–H groups in total. The molecule has 0 spiro atoms. The largest absolute Gasteiger partial charge is 0.440 e. The predicted octanol–water partition coefficient (Wildman–Crippen LogP) is 2.35. The van der Waals surface area contributed by atoms with Gasteiger partial charge in [-0.2, -0.15) is 0 Å². The monoisotopic (exact) mass is 288 g/mol. The van der Waals surface area contributed by atoms with Gasteiger partial charge in [-0.25, -0.2) is 4.98 Å². The van der Waals surface area contributed by atoms with Crippen molar-refractivity contribution in [2.24, 2.45) is 0 Å². The third kappa shape index (κ3) is 4.43. The number of benzene rings is 1. The number of ether oxygens (including phenoxy) is 1. The number of methoxy groups -OCH3 is 1. The molecule has 1 aromatic heterocycles. The summed E-state index contributed by atoms with van der Waals surface area (Å²) in [7, 11) is 1.64. The quantitative estimate of drug-likeness (QED) is 0.794. The van der Waals surface area contributed by atoms with Crippen LogP contribution in [0.1, 0.15) is 17.9 Å². The van der Waals surface area contributed by atoms with Gasteiger partial charge in [0.05, 0.1) is 12.1 Å². The zero-order valence-electron chi connectivity index (χ0n) is 12.4. The Morgan fingerprint density at radius 3 is 2.81 bits per heavy atom. The molecule has 0 radical (unpaired) electrons. The highest BCUT2D eigenvalue weighted by Crippen LogP contribution is 2.21. The van der Waals surface area contributed by atoms with E-state index in [9.17, 15) is 4.79 Å². The number of oxazole rings is 1. The SMILES string of the molecule is COCCCNC(=O)Cc1oc(-c2ccccc2)nc1C. The maximum atomic E-state index is 11.8. The first-order valence-electron chi connectivity index (χ1n) is 6.98. The number of nitrogens with zero attached hydrogens (tertiary/aromatic N) is 1. The summed E-state index contributed by atoms with van der Waals surface area (Å²) in [6.07, 6.45) is 1.01. The number of hydrogen-bond donors (Lipinski definition) is 1. The molecule has 1 amide bonds. The second-order valence-electron chi connectivity index (χ2n) is 4.77. The van der Waals surface area contributed by atoms with E-state index in [0.29, 0.717) is 24.8 Å². The lowest BCUT2D eigenvalue weighted by molar-refractivity contribution is -0.120. The molecular formula is C16H20N2O3. The van der Waals surface area contributed by atoms with Crippen LogP contribution in [0.2, 0.25) is 0 Å². The molecule has 0 saturated heterocycles. The highest BCUT2D eigenvalue weighted by atomic mass is 16.5. The molecule has 1 aromatic carbocycles. The predicted molar refractivity (Wildman–Crippen MR) is 79.9 cm³/mol. The van der Waals surface area contributed by atoms with Crippen LogP contribution in [-0.4, -0.2) is 31.2 Å². The summed E-state index contributed by atoms with van der Waals surface area (Å²) >= 11 is 0. The van der Waals surface area contributed by atoms with Crippen LogP contribution in [0.15, 0.2) is 34.7 Å². The molecule has 0 aliphatic heterocycles. The van der Waals surface area contributed by atoms with Gasteiger partial charge in [-0.15, -0.1) is 0 Å². The molecule has 0 bridgehead atoms. The van der Waals surface area contributed by atoms with Crippen molar-refractivity contribution >= 4 is 5.91 Å². The maximum Gasteiger partial charge on any atom is 0.227 e. The molecule has 0 aliphatic carbocycles. The van der Waals surface area contributed by atoms with Crippen molar-refractivity contribution in [3.63, 3.8) is 0 Å².